The van der Waals surface area contributed by atoms with Gasteiger partial charge in [0.2, 0.25) is 0 Å². The maximum absolute atomic E-state index is 12.7. The minimum Gasteiger partial charge on any atom is -0.496 e. The Morgan fingerprint density at radius 2 is 2.26 bits per heavy atom. The molecule has 4 nitrogen and oxygen atoms in total. The summed E-state index contributed by atoms with van der Waals surface area (Å²) in [6, 6.07) is 5.67. The molecule has 19 heavy (non-hydrogen) atoms. The summed E-state index contributed by atoms with van der Waals surface area (Å²) in [4.78, 5) is 14.7. The number of benzene rings is 1. The first-order chi connectivity index (χ1) is 9.19. The van der Waals surface area contributed by atoms with Crippen LogP contribution in [0.3, 0.4) is 0 Å². The van der Waals surface area contributed by atoms with Crippen molar-refractivity contribution in [3.8, 4) is 5.75 Å². The smallest absolute Gasteiger partial charge is 0.259 e. The molecule has 104 valence electrons. The number of nitrogen functional groups attached to an aromatic ring is 1. The number of anilines is 1. The van der Waals surface area contributed by atoms with Gasteiger partial charge < -0.3 is 15.4 Å². The van der Waals surface area contributed by atoms with E-state index in [1.807, 2.05) is 4.90 Å². The molecule has 1 aromatic carbocycles. The van der Waals surface area contributed by atoms with Gasteiger partial charge in [-0.3, -0.25) is 4.79 Å². The monoisotopic (exact) mass is 262 g/mol. The molecule has 4 heteroatoms. The number of rotatable bonds is 3. The van der Waals surface area contributed by atoms with E-state index in [-0.39, 0.29) is 5.91 Å². The highest BCUT2D eigenvalue weighted by molar-refractivity contribution is 6.02. The molecule has 0 saturated carbocycles. The van der Waals surface area contributed by atoms with E-state index in [0.717, 1.165) is 25.8 Å². The van der Waals surface area contributed by atoms with Crippen molar-refractivity contribution in [1.82, 2.24) is 4.90 Å². The van der Waals surface area contributed by atoms with Crippen LogP contribution in [0.5, 0.6) is 5.75 Å². The van der Waals surface area contributed by atoms with E-state index >= 15 is 0 Å². The number of methoxy groups -OCH3 is 1. The summed E-state index contributed by atoms with van der Waals surface area (Å²) in [6.07, 6.45) is 4.33. The first-order valence-electron chi connectivity index (χ1n) is 6.92. The average Bonchev–Trinajstić information content (AvgIpc) is 2.46. The molecule has 1 atom stereocenters. The second kappa shape index (κ2) is 5.95. The maximum Gasteiger partial charge on any atom is 0.259 e. The zero-order valence-electron chi connectivity index (χ0n) is 11.7. The van der Waals surface area contributed by atoms with Crippen LogP contribution in [0, 0.1) is 0 Å². The molecule has 0 bridgehead atoms. The molecule has 1 heterocycles. The first-order valence-corrected chi connectivity index (χ1v) is 6.92. The van der Waals surface area contributed by atoms with E-state index in [2.05, 4.69) is 6.92 Å². The molecule has 1 unspecified atom stereocenters. The molecule has 1 aromatic rings. The van der Waals surface area contributed by atoms with Gasteiger partial charge in [-0.1, -0.05) is 13.0 Å². The molecule has 2 N–H and O–H groups in total. The molecule has 1 aliphatic rings. The summed E-state index contributed by atoms with van der Waals surface area (Å²) < 4.78 is 5.28. The summed E-state index contributed by atoms with van der Waals surface area (Å²) in [7, 11) is 1.57. The number of nitrogens with two attached hydrogens (primary N) is 1. The van der Waals surface area contributed by atoms with Gasteiger partial charge in [-0.2, -0.15) is 0 Å². The lowest BCUT2D eigenvalue weighted by atomic mass is 9.98. The lowest BCUT2D eigenvalue weighted by Gasteiger charge is -2.35. The minimum absolute atomic E-state index is 0.00139. The van der Waals surface area contributed by atoms with E-state index < -0.39 is 0 Å². The summed E-state index contributed by atoms with van der Waals surface area (Å²) in [5.41, 5.74) is 6.96. The fourth-order valence-electron chi connectivity index (χ4n) is 2.78. The van der Waals surface area contributed by atoms with Crippen LogP contribution in [-0.2, 0) is 0 Å². The fourth-order valence-corrected chi connectivity index (χ4v) is 2.78. The Labute approximate surface area is 114 Å². The first kappa shape index (κ1) is 13.7. The highest BCUT2D eigenvalue weighted by Gasteiger charge is 2.29. The Hall–Kier alpha value is -1.71. The van der Waals surface area contributed by atoms with Crippen LogP contribution in [-0.4, -0.2) is 30.5 Å². The molecule has 0 aliphatic carbocycles. The zero-order valence-corrected chi connectivity index (χ0v) is 11.7. The minimum atomic E-state index is 0.00139. The van der Waals surface area contributed by atoms with Crippen molar-refractivity contribution in [2.24, 2.45) is 0 Å². The van der Waals surface area contributed by atoms with Crippen molar-refractivity contribution in [3.05, 3.63) is 23.8 Å². The van der Waals surface area contributed by atoms with E-state index in [1.54, 1.807) is 25.3 Å². The van der Waals surface area contributed by atoms with Gasteiger partial charge in [-0.15, -0.1) is 0 Å². The van der Waals surface area contributed by atoms with Crippen molar-refractivity contribution in [1.29, 1.82) is 0 Å². The Kier molecular flexibility index (Phi) is 4.30. The molecule has 2 rings (SSSR count). The maximum atomic E-state index is 12.7. The molecule has 1 fully saturated rings. The van der Waals surface area contributed by atoms with Crippen LogP contribution >= 0.6 is 0 Å². The van der Waals surface area contributed by atoms with E-state index in [1.165, 1.54) is 6.42 Å². The number of carbonyl (C=O) groups is 1. The van der Waals surface area contributed by atoms with Crippen molar-refractivity contribution >= 4 is 11.6 Å². The van der Waals surface area contributed by atoms with E-state index in [4.69, 9.17) is 10.5 Å². The Morgan fingerprint density at radius 3 is 2.95 bits per heavy atom. The molecule has 0 spiro atoms. The predicted molar refractivity (Wildman–Crippen MR) is 76.4 cm³/mol. The molecule has 0 aromatic heterocycles. The average molecular weight is 262 g/mol. The van der Waals surface area contributed by atoms with Gasteiger partial charge in [-0.05, 0) is 37.8 Å². The van der Waals surface area contributed by atoms with Gasteiger partial charge in [0.1, 0.15) is 11.3 Å². The normalized spacial score (nSPS) is 19.3. The highest BCUT2D eigenvalue weighted by atomic mass is 16.5. The van der Waals surface area contributed by atoms with Crippen molar-refractivity contribution in [2.75, 3.05) is 19.4 Å². The third kappa shape index (κ3) is 2.67. The lowest BCUT2D eigenvalue weighted by molar-refractivity contribution is 0.0606. The molecule has 1 aliphatic heterocycles. The third-order valence-electron chi connectivity index (χ3n) is 3.85. The number of amides is 1. The quantitative estimate of drug-likeness (QED) is 0.852. The van der Waals surface area contributed by atoms with Crippen LogP contribution in [0.1, 0.15) is 43.0 Å². The van der Waals surface area contributed by atoms with Crippen molar-refractivity contribution in [3.63, 3.8) is 0 Å². The number of hydrogen-bond donors (Lipinski definition) is 1. The summed E-state index contributed by atoms with van der Waals surface area (Å²) in [6.45, 7) is 2.94. The summed E-state index contributed by atoms with van der Waals surface area (Å²) in [5.74, 6) is 0.562. The van der Waals surface area contributed by atoms with Crippen LogP contribution in [0.15, 0.2) is 18.2 Å². The zero-order chi connectivity index (χ0) is 13.8. The standard InChI is InChI=1S/C15H22N2O2/c1-3-11-7-4-5-10-17(11)15(18)14-12(16)8-6-9-13(14)19-2/h6,8-9,11H,3-5,7,10,16H2,1-2H3. The number of ether oxygens (including phenoxy) is 1. The van der Waals surface area contributed by atoms with Gasteiger partial charge in [0.15, 0.2) is 0 Å². The van der Waals surface area contributed by atoms with Crippen molar-refractivity contribution in [2.45, 2.75) is 38.6 Å². The number of nitrogens with zero attached hydrogens (tertiary/aromatic N) is 1. The summed E-state index contributed by atoms with van der Waals surface area (Å²) >= 11 is 0. The SMILES string of the molecule is CCC1CCCCN1C(=O)c1c(N)cccc1OC. The third-order valence-corrected chi connectivity index (χ3v) is 3.85. The van der Waals surface area contributed by atoms with Crippen LogP contribution in [0.4, 0.5) is 5.69 Å². The van der Waals surface area contributed by atoms with E-state index in [9.17, 15) is 4.79 Å². The van der Waals surface area contributed by atoms with Crippen LogP contribution in [0.2, 0.25) is 0 Å². The number of likely N-dealkylation sites (tertiary alicyclic amines) is 1. The fraction of sp³-hybridized carbons (Fsp3) is 0.533. The van der Waals surface area contributed by atoms with Gasteiger partial charge in [0.25, 0.3) is 5.91 Å². The topological polar surface area (TPSA) is 55.6 Å². The summed E-state index contributed by atoms with van der Waals surface area (Å²) in [5, 5.41) is 0. The molecule has 1 saturated heterocycles. The highest BCUT2D eigenvalue weighted by Crippen LogP contribution is 2.29. The number of carbonyl (C=O) groups excluding carboxylic acids is 1. The molecule has 0 radical (unpaired) electrons. The number of piperidine rings is 1. The second-order valence-electron chi connectivity index (χ2n) is 4.98. The largest absolute Gasteiger partial charge is 0.496 e. The Balaban J connectivity index is 2.32. The van der Waals surface area contributed by atoms with Gasteiger partial charge in [0, 0.05) is 18.3 Å². The number of hydrogen-bond acceptors (Lipinski definition) is 3. The molecular weight excluding hydrogens is 240 g/mol. The second-order valence-corrected chi connectivity index (χ2v) is 4.98. The van der Waals surface area contributed by atoms with Crippen LogP contribution in [0.25, 0.3) is 0 Å². The Morgan fingerprint density at radius 1 is 1.47 bits per heavy atom. The van der Waals surface area contributed by atoms with Gasteiger partial charge >= 0.3 is 0 Å². The molecule has 1 amide bonds. The van der Waals surface area contributed by atoms with Crippen LogP contribution < -0.4 is 10.5 Å². The predicted octanol–water partition coefficient (Wildman–Crippen LogP) is 2.68. The van der Waals surface area contributed by atoms with Crippen molar-refractivity contribution < 1.29 is 9.53 Å². The lowest BCUT2D eigenvalue weighted by Crippen LogP contribution is -2.43. The Bertz CT molecular complexity index is 459. The van der Waals surface area contributed by atoms with Gasteiger partial charge in [-0.25, -0.2) is 0 Å². The van der Waals surface area contributed by atoms with Gasteiger partial charge in [0.05, 0.1) is 7.11 Å². The van der Waals surface area contributed by atoms with E-state index in [0.29, 0.717) is 23.0 Å². The molecular formula is C15H22N2O2.